The summed E-state index contributed by atoms with van der Waals surface area (Å²) in [6, 6.07) is 19.7. The summed E-state index contributed by atoms with van der Waals surface area (Å²) < 4.78 is 1.74. The predicted molar refractivity (Wildman–Crippen MR) is 134 cm³/mol. The Morgan fingerprint density at radius 3 is 2.45 bits per heavy atom. The lowest BCUT2D eigenvalue weighted by Crippen LogP contribution is -2.29. The quantitative estimate of drug-likeness (QED) is 0.196. The van der Waals surface area contributed by atoms with Crippen LogP contribution in [0.3, 0.4) is 0 Å². The Balaban J connectivity index is 1.74. The van der Waals surface area contributed by atoms with Gasteiger partial charge in [0.15, 0.2) is 5.13 Å². The number of halogens is 1. The fraction of sp³-hybridized carbons (Fsp3) is 0.115. The minimum Gasteiger partial charge on any atom is -0.507 e. The molecule has 1 unspecified atom stereocenters. The van der Waals surface area contributed by atoms with E-state index >= 15 is 0 Å². The zero-order valence-corrected chi connectivity index (χ0v) is 20.3. The first-order valence-corrected chi connectivity index (χ1v) is 11.9. The molecule has 0 saturated carbocycles. The number of aromatic nitrogens is 1. The van der Waals surface area contributed by atoms with Crippen LogP contribution < -0.4 is 4.90 Å². The van der Waals surface area contributed by atoms with Crippen LogP contribution in [0.5, 0.6) is 0 Å². The second kappa shape index (κ2) is 8.24. The fourth-order valence-electron chi connectivity index (χ4n) is 4.01. The number of amides is 1. The summed E-state index contributed by atoms with van der Waals surface area (Å²) in [7, 11) is 0. The maximum absolute atomic E-state index is 13.3. The number of aryl methyl sites for hydroxylation is 2. The summed E-state index contributed by atoms with van der Waals surface area (Å²) in [5.41, 5.74) is 4.11. The monoisotopic (exact) mass is 518 g/mol. The van der Waals surface area contributed by atoms with Gasteiger partial charge >= 0.3 is 5.91 Å². The minimum atomic E-state index is -0.800. The number of aliphatic hydroxyl groups excluding tert-OH is 1. The van der Waals surface area contributed by atoms with Crippen molar-refractivity contribution in [3.05, 3.63) is 99.0 Å². The van der Waals surface area contributed by atoms with E-state index in [0.717, 1.165) is 25.8 Å². The van der Waals surface area contributed by atoms with Gasteiger partial charge in [-0.2, -0.15) is 0 Å². The highest BCUT2D eigenvalue weighted by Gasteiger charge is 2.48. The van der Waals surface area contributed by atoms with Crippen molar-refractivity contribution in [2.75, 3.05) is 4.90 Å². The highest BCUT2D eigenvalue weighted by atomic mass is 79.9. The molecule has 4 aromatic rings. The lowest BCUT2D eigenvalue weighted by Gasteiger charge is -2.23. The van der Waals surface area contributed by atoms with Crippen LogP contribution in [-0.2, 0) is 9.59 Å². The largest absolute Gasteiger partial charge is 0.507 e. The Morgan fingerprint density at radius 2 is 1.73 bits per heavy atom. The summed E-state index contributed by atoms with van der Waals surface area (Å²) in [6.07, 6.45) is 0. The average molecular weight is 519 g/mol. The first-order chi connectivity index (χ1) is 15.8. The van der Waals surface area contributed by atoms with Gasteiger partial charge in [-0.05, 0) is 49.2 Å². The van der Waals surface area contributed by atoms with Crippen LogP contribution >= 0.6 is 27.3 Å². The fourth-order valence-corrected chi connectivity index (χ4v) is 5.52. The molecule has 7 heteroatoms. The number of Topliss-reactive ketones (excluding diaryl/α,β-unsaturated/α-hetero) is 1. The van der Waals surface area contributed by atoms with E-state index in [2.05, 4.69) is 20.9 Å². The van der Waals surface area contributed by atoms with Crippen LogP contribution in [0, 0.1) is 13.8 Å². The van der Waals surface area contributed by atoms with Crippen LogP contribution in [0.15, 0.2) is 76.8 Å². The molecule has 1 fully saturated rings. The Labute approximate surface area is 203 Å². The third kappa shape index (κ3) is 3.77. The molecule has 1 amide bonds. The third-order valence-corrected chi connectivity index (χ3v) is 7.18. The van der Waals surface area contributed by atoms with Gasteiger partial charge in [0.1, 0.15) is 5.76 Å². The lowest BCUT2D eigenvalue weighted by molar-refractivity contribution is -0.132. The second-order valence-electron chi connectivity index (χ2n) is 8.06. The molecule has 0 radical (unpaired) electrons. The Morgan fingerprint density at radius 1 is 1.00 bits per heavy atom. The Hall–Kier alpha value is -3.29. The van der Waals surface area contributed by atoms with Gasteiger partial charge in [-0.3, -0.25) is 14.5 Å². The van der Waals surface area contributed by atoms with Gasteiger partial charge in [0.05, 0.1) is 21.8 Å². The molecule has 0 spiro atoms. The molecular formula is C26H19BrN2O3S. The van der Waals surface area contributed by atoms with Crippen molar-refractivity contribution < 1.29 is 14.7 Å². The van der Waals surface area contributed by atoms with Gasteiger partial charge < -0.3 is 5.11 Å². The normalized spacial score (nSPS) is 17.8. The van der Waals surface area contributed by atoms with Gasteiger partial charge in [-0.25, -0.2) is 4.98 Å². The van der Waals surface area contributed by atoms with Gasteiger partial charge in [-0.1, -0.05) is 75.3 Å². The predicted octanol–water partition coefficient (Wildman–Crippen LogP) is 6.30. The van der Waals surface area contributed by atoms with Crippen LogP contribution in [0.2, 0.25) is 0 Å². The van der Waals surface area contributed by atoms with Crippen molar-refractivity contribution >= 4 is 60.1 Å². The number of carbonyl (C=O) groups is 2. The molecule has 1 atom stereocenters. The molecule has 164 valence electrons. The van der Waals surface area contributed by atoms with E-state index in [9.17, 15) is 14.7 Å². The Kier molecular flexibility index (Phi) is 5.38. The zero-order chi connectivity index (χ0) is 23.3. The van der Waals surface area contributed by atoms with E-state index in [4.69, 9.17) is 0 Å². The Bertz CT molecular complexity index is 1460. The van der Waals surface area contributed by atoms with E-state index < -0.39 is 17.7 Å². The smallest absolute Gasteiger partial charge is 0.301 e. The summed E-state index contributed by atoms with van der Waals surface area (Å²) >= 11 is 4.84. The number of aliphatic hydroxyl groups is 1. The van der Waals surface area contributed by atoms with Gasteiger partial charge in [0, 0.05) is 10.0 Å². The van der Waals surface area contributed by atoms with E-state index in [1.807, 2.05) is 68.4 Å². The van der Waals surface area contributed by atoms with Crippen molar-refractivity contribution in [3.63, 3.8) is 0 Å². The number of carbonyl (C=O) groups excluding carboxylic acids is 2. The number of fused-ring (bicyclic) bond motifs is 1. The number of ketones is 1. The first-order valence-electron chi connectivity index (χ1n) is 10.3. The van der Waals surface area contributed by atoms with Crippen LogP contribution in [0.4, 0.5) is 5.13 Å². The number of nitrogens with zero attached hydrogens (tertiary/aromatic N) is 2. The van der Waals surface area contributed by atoms with Crippen molar-refractivity contribution in [3.8, 4) is 0 Å². The first kappa shape index (κ1) is 21.6. The van der Waals surface area contributed by atoms with E-state index in [1.165, 1.54) is 16.2 Å². The van der Waals surface area contributed by atoms with Crippen molar-refractivity contribution in [2.45, 2.75) is 19.9 Å². The van der Waals surface area contributed by atoms with Crippen molar-refractivity contribution in [1.29, 1.82) is 0 Å². The maximum atomic E-state index is 13.3. The molecule has 33 heavy (non-hydrogen) atoms. The molecule has 1 N–H and O–H groups in total. The highest BCUT2D eigenvalue weighted by Crippen LogP contribution is 2.44. The number of rotatable bonds is 3. The van der Waals surface area contributed by atoms with Crippen LogP contribution in [0.1, 0.15) is 28.3 Å². The molecule has 1 aliphatic heterocycles. The maximum Gasteiger partial charge on any atom is 0.301 e. The van der Waals surface area contributed by atoms with E-state index in [-0.39, 0.29) is 11.3 Å². The molecule has 1 aromatic heterocycles. The lowest BCUT2D eigenvalue weighted by atomic mass is 9.95. The van der Waals surface area contributed by atoms with Crippen LogP contribution in [0.25, 0.3) is 16.0 Å². The topological polar surface area (TPSA) is 70.5 Å². The summed E-state index contributed by atoms with van der Waals surface area (Å²) in [6.45, 7) is 3.94. The van der Waals surface area contributed by atoms with E-state index in [0.29, 0.717) is 16.3 Å². The van der Waals surface area contributed by atoms with E-state index in [1.54, 1.807) is 12.1 Å². The standard InChI is InChI=1S/C26H19BrN2O3S/c1-14-6-9-16(10-7-14)23(30)21-22(17-4-3-5-18(27)13-17)29(25(32)24(21)31)26-28-19-11-8-15(2)12-20(19)33-26/h3-13,22,30H,1-2H3. The molecule has 0 bridgehead atoms. The summed E-state index contributed by atoms with van der Waals surface area (Å²) in [4.78, 5) is 32.6. The average Bonchev–Trinajstić information content (AvgIpc) is 3.32. The third-order valence-electron chi connectivity index (χ3n) is 5.67. The zero-order valence-electron chi connectivity index (χ0n) is 17.9. The number of anilines is 1. The highest BCUT2D eigenvalue weighted by molar-refractivity contribution is 9.10. The molecule has 5 nitrogen and oxygen atoms in total. The molecule has 2 heterocycles. The molecule has 1 saturated heterocycles. The SMILES string of the molecule is Cc1ccc(C(O)=C2C(=O)C(=O)N(c3nc4ccc(C)cc4s3)C2c2cccc(Br)c2)cc1. The number of hydrogen-bond acceptors (Lipinski definition) is 5. The number of benzene rings is 3. The van der Waals surface area contributed by atoms with Gasteiger partial charge in [0.25, 0.3) is 5.78 Å². The second-order valence-corrected chi connectivity index (χ2v) is 9.98. The number of thiazole rings is 1. The molecular weight excluding hydrogens is 500 g/mol. The molecule has 3 aromatic carbocycles. The molecule has 5 rings (SSSR count). The van der Waals surface area contributed by atoms with Gasteiger partial charge in [-0.15, -0.1) is 0 Å². The molecule has 1 aliphatic rings. The van der Waals surface area contributed by atoms with Crippen molar-refractivity contribution in [1.82, 2.24) is 4.98 Å². The molecule has 0 aliphatic carbocycles. The minimum absolute atomic E-state index is 0.0531. The summed E-state index contributed by atoms with van der Waals surface area (Å²) in [5, 5.41) is 11.6. The summed E-state index contributed by atoms with van der Waals surface area (Å²) in [5.74, 6) is -1.63. The van der Waals surface area contributed by atoms with Gasteiger partial charge in [0.2, 0.25) is 0 Å². The number of hydrogen-bond donors (Lipinski definition) is 1. The van der Waals surface area contributed by atoms with Crippen molar-refractivity contribution in [2.24, 2.45) is 0 Å². The van der Waals surface area contributed by atoms with Crippen LogP contribution in [-0.4, -0.2) is 21.8 Å².